The SMILES string of the molecule is CCN(CC)P1(=O)c2ccccc2[Si](CC)(CC)c2ccccc21. The highest BCUT2D eigenvalue weighted by Gasteiger charge is 2.49. The first-order valence-corrected chi connectivity index (χ1v) is 13.2. The van der Waals surface area contributed by atoms with Crippen LogP contribution in [0, 0.1) is 0 Å². The first-order chi connectivity index (χ1) is 11.6. The zero-order valence-electron chi connectivity index (χ0n) is 15.2. The van der Waals surface area contributed by atoms with E-state index in [1.54, 1.807) is 0 Å². The first-order valence-electron chi connectivity index (χ1n) is 9.15. The summed E-state index contributed by atoms with van der Waals surface area (Å²) in [5.74, 6) is 0. The zero-order chi connectivity index (χ0) is 17.4. The van der Waals surface area contributed by atoms with Gasteiger partial charge in [-0.15, -0.1) is 0 Å². The molecule has 0 unspecified atom stereocenters. The summed E-state index contributed by atoms with van der Waals surface area (Å²) < 4.78 is 16.7. The molecule has 0 atom stereocenters. The summed E-state index contributed by atoms with van der Waals surface area (Å²) in [4.78, 5) is 0. The molecule has 1 aliphatic heterocycles. The van der Waals surface area contributed by atoms with Crippen LogP contribution in [0.5, 0.6) is 0 Å². The van der Waals surface area contributed by atoms with Gasteiger partial charge in [0.15, 0.2) is 0 Å². The molecular weight excluding hydrogens is 329 g/mol. The van der Waals surface area contributed by atoms with Gasteiger partial charge in [-0.3, -0.25) is 4.57 Å². The van der Waals surface area contributed by atoms with Crippen molar-refractivity contribution >= 4 is 36.3 Å². The van der Waals surface area contributed by atoms with Gasteiger partial charge in [0.05, 0.1) is 0 Å². The molecule has 3 rings (SSSR count). The Hall–Kier alpha value is -1.15. The van der Waals surface area contributed by atoms with E-state index in [9.17, 15) is 4.57 Å². The number of hydrogen-bond acceptors (Lipinski definition) is 1. The molecule has 4 heteroatoms. The van der Waals surface area contributed by atoms with Crippen LogP contribution in [0.25, 0.3) is 0 Å². The Morgan fingerprint density at radius 1 is 0.792 bits per heavy atom. The summed E-state index contributed by atoms with van der Waals surface area (Å²) in [5.41, 5.74) is 0. The molecule has 24 heavy (non-hydrogen) atoms. The van der Waals surface area contributed by atoms with Gasteiger partial charge in [0.1, 0.15) is 8.07 Å². The molecular formula is C20H28NOPSi. The maximum absolute atomic E-state index is 14.5. The van der Waals surface area contributed by atoms with Crippen LogP contribution in [0.1, 0.15) is 27.7 Å². The molecule has 2 aromatic carbocycles. The Morgan fingerprint density at radius 3 is 1.58 bits per heavy atom. The van der Waals surface area contributed by atoms with Gasteiger partial charge in [0.2, 0.25) is 7.29 Å². The van der Waals surface area contributed by atoms with Crippen molar-refractivity contribution in [2.24, 2.45) is 0 Å². The van der Waals surface area contributed by atoms with Crippen LogP contribution in [0.2, 0.25) is 12.1 Å². The van der Waals surface area contributed by atoms with Gasteiger partial charge in [-0.2, -0.15) is 0 Å². The lowest BCUT2D eigenvalue weighted by molar-refractivity contribution is 0.458. The quantitative estimate of drug-likeness (QED) is 0.605. The predicted octanol–water partition coefficient (Wildman–Crippen LogP) is 3.17. The van der Waals surface area contributed by atoms with E-state index in [0.717, 1.165) is 35.8 Å². The normalized spacial score (nSPS) is 17.4. The fourth-order valence-electron chi connectivity index (χ4n) is 4.50. The maximum atomic E-state index is 14.5. The van der Waals surface area contributed by atoms with Gasteiger partial charge in [0, 0.05) is 23.7 Å². The molecule has 0 saturated heterocycles. The van der Waals surface area contributed by atoms with E-state index < -0.39 is 15.4 Å². The van der Waals surface area contributed by atoms with Crippen molar-refractivity contribution in [3.8, 4) is 0 Å². The van der Waals surface area contributed by atoms with E-state index in [2.05, 4.69) is 80.9 Å². The highest BCUT2D eigenvalue weighted by molar-refractivity contribution is 7.78. The van der Waals surface area contributed by atoms with E-state index in [0.29, 0.717) is 0 Å². The largest absolute Gasteiger partial charge is 0.296 e. The molecule has 0 amide bonds. The molecule has 0 N–H and O–H groups in total. The molecule has 0 bridgehead atoms. The molecule has 1 heterocycles. The van der Waals surface area contributed by atoms with Gasteiger partial charge in [0.25, 0.3) is 0 Å². The Labute approximate surface area is 147 Å². The summed E-state index contributed by atoms with van der Waals surface area (Å²) >= 11 is 0. The van der Waals surface area contributed by atoms with Crippen molar-refractivity contribution in [1.29, 1.82) is 0 Å². The molecule has 128 valence electrons. The molecule has 2 nitrogen and oxygen atoms in total. The van der Waals surface area contributed by atoms with Gasteiger partial charge in [-0.25, -0.2) is 4.67 Å². The third kappa shape index (κ3) is 2.22. The summed E-state index contributed by atoms with van der Waals surface area (Å²) in [6.07, 6.45) is 0. The summed E-state index contributed by atoms with van der Waals surface area (Å²) in [6, 6.07) is 19.5. The van der Waals surface area contributed by atoms with E-state index in [-0.39, 0.29) is 0 Å². The van der Waals surface area contributed by atoms with Crippen LogP contribution in [0.4, 0.5) is 0 Å². The van der Waals surface area contributed by atoms with Crippen LogP contribution in [-0.2, 0) is 4.57 Å². The molecule has 0 radical (unpaired) electrons. The molecule has 0 saturated carbocycles. The fraction of sp³-hybridized carbons (Fsp3) is 0.400. The van der Waals surface area contributed by atoms with Gasteiger partial charge in [-0.05, 0) is 22.5 Å². The molecule has 0 fully saturated rings. The average molecular weight is 358 g/mol. The lowest BCUT2D eigenvalue weighted by Crippen LogP contribution is -2.69. The van der Waals surface area contributed by atoms with Crippen molar-refractivity contribution in [1.82, 2.24) is 4.67 Å². The van der Waals surface area contributed by atoms with Gasteiger partial charge >= 0.3 is 0 Å². The maximum Gasteiger partial charge on any atom is 0.206 e. The highest BCUT2D eigenvalue weighted by Crippen LogP contribution is 2.49. The summed E-state index contributed by atoms with van der Waals surface area (Å²) in [6.45, 7) is 10.5. The first kappa shape index (κ1) is 17.7. The minimum absolute atomic E-state index is 0.809. The number of nitrogens with zero attached hydrogens (tertiary/aromatic N) is 1. The van der Waals surface area contributed by atoms with Crippen molar-refractivity contribution in [2.75, 3.05) is 13.1 Å². The van der Waals surface area contributed by atoms with E-state index >= 15 is 0 Å². The molecule has 0 aliphatic carbocycles. The average Bonchev–Trinajstić information content (AvgIpc) is 2.64. The fourth-order valence-corrected chi connectivity index (χ4v) is 14.0. The minimum atomic E-state index is -2.74. The van der Waals surface area contributed by atoms with Crippen molar-refractivity contribution in [3.05, 3.63) is 48.5 Å². The van der Waals surface area contributed by atoms with Crippen molar-refractivity contribution < 1.29 is 4.57 Å². The smallest absolute Gasteiger partial charge is 0.206 e. The van der Waals surface area contributed by atoms with Crippen LogP contribution >= 0.6 is 7.29 Å². The molecule has 2 aromatic rings. The second kappa shape index (κ2) is 6.63. The Bertz CT molecular complexity index is 727. The number of hydrogen-bond donors (Lipinski definition) is 0. The predicted molar refractivity (Wildman–Crippen MR) is 109 cm³/mol. The summed E-state index contributed by atoms with van der Waals surface area (Å²) in [7, 11) is -4.57. The number of rotatable bonds is 5. The Morgan fingerprint density at radius 2 is 1.21 bits per heavy atom. The zero-order valence-corrected chi connectivity index (χ0v) is 17.1. The Kier molecular flexibility index (Phi) is 4.88. The Balaban J connectivity index is 2.44. The molecule has 0 spiro atoms. The van der Waals surface area contributed by atoms with Gasteiger partial charge in [-0.1, -0.05) is 76.2 Å². The van der Waals surface area contributed by atoms with E-state index in [1.807, 2.05) is 0 Å². The third-order valence-electron chi connectivity index (χ3n) is 5.83. The standard InChI is InChI=1S/C20H28NOPSi/c1-5-21(6-2)23(22)17-13-9-11-15-19(17)24(7-3,8-4)20-16-12-10-14-18(20)23/h9-16H,5-8H2,1-4H3. The summed E-state index contributed by atoms with van der Waals surface area (Å²) in [5, 5.41) is 5.04. The second-order valence-corrected chi connectivity index (χ2v) is 13.9. The number of fused-ring (bicyclic) bond motifs is 2. The highest BCUT2D eigenvalue weighted by atomic mass is 31.2. The van der Waals surface area contributed by atoms with Crippen molar-refractivity contribution in [3.63, 3.8) is 0 Å². The molecule has 0 aromatic heterocycles. The topological polar surface area (TPSA) is 20.3 Å². The number of benzene rings is 2. The monoisotopic (exact) mass is 357 g/mol. The van der Waals surface area contributed by atoms with E-state index in [1.165, 1.54) is 10.4 Å². The lowest BCUT2D eigenvalue weighted by Gasteiger charge is -2.44. The van der Waals surface area contributed by atoms with Crippen LogP contribution in [0.15, 0.2) is 48.5 Å². The van der Waals surface area contributed by atoms with Crippen LogP contribution < -0.4 is 21.0 Å². The van der Waals surface area contributed by atoms with Crippen LogP contribution in [-0.4, -0.2) is 25.8 Å². The van der Waals surface area contributed by atoms with Crippen LogP contribution in [0.3, 0.4) is 0 Å². The third-order valence-corrected chi connectivity index (χ3v) is 15.0. The van der Waals surface area contributed by atoms with Gasteiger partial charge < -0.3 is 0 Å². The second-order valence-electron chi connectivity index (χ2n) is 6.54. The lowest BCUT2D eigenvalue weighted by atomic mass is 10.3. The minimum Gasteiger partial charge on any atom is -0.296 e. The molecule has 1 aliphatic rings. The van der Waals surface area contributed by atoms with E-state index in [4.69, 9.17) is 0 Å². The van der Waals surface area contributed by atoms with Crippen molar-refractivity contribution in [2.45, 2.75) is 39.8 Å².